The molecule has 0 fully saturated rings. The Hall–Kier alpha value is -3.71. The molecule has 2 heterocycles. The van der Waals surface area contributed by atoms with Crippen LogP contribution in [0.4, 0.5) is 5.13 Å². The SMILES string of the molecule is COc1ccc(-c2nnc(NC(=O)/C(=C/c3ccco3)c3ccccc3)s2)cc1. The van der Waals surface area contributed by atoms with Crippen LogP contribution in [0.15, 0.2) is 77.4 Å². The molecule has 0 radical (unpaired) electrons. The summed E-state index contributed by atoms with van der Waals surface area (Å²) in [5.74, 6) is 1.07. The number of hydrogen-bond acceptors (Lipinski definition) is 6. The van der Waals surface area contributed by atoms with Crippen LogP contribution in [0.2, 0.25) is 0 Å². The predicted octanol–water partition coefficient (Wildman–Crippen LogP) is 4.99. The van der Waals surface area contributed by atoms with Gasteiger partial charge in [0.15, 0.2) is 0 Å². The monoisotopic (exact) mass is 403 g/mol. The van der Waals surface area contributed by atoms with Crippen LogP contribution in [0.25, 0.3) is 22.2 Å². The lowest BCUT2D eigenvalue weighted by Gasteiger charge is -2.06. The summed E-state index contributed by atoms with van der Waals surface area (Å²) < 4.78 is 10.5. The van der Waals surface area contributed by atoms with E-state index in [2.05, 4.69) is 15.5 Å². The van der Waals surface area contributed by atoms with Crippen LogP contribution in [0.1, 0.15) is 11.3 Å². The van der Waals surface area contributed by atoms with E-state index in [1.807, 2.05) is 54.6 Å². The minimum Gasteiger partial charge on any atom is -0.497 e. The highest BCUT2D eigenvalue weighted by Gasteiger charge is 2.16. The Balaban J connectivity index is 1.57. The number of benzene rings is 2. The van der Waals surface area contributed by atoms with Crippen LogP contribution in [0.3, 0.4) is 0 Å². The molecule has 0 unspecified atom stereocenters. The van der Waals surface area contributed by atoms with Crippen molar-refractivity contribution in [2.24, 2.45) is 0 Å². The zero-order chi connectivity index (χ0) is 20.1. The van der Waals surface area contributed by atoms with Gasteiger partial charge >= 0.3 is 0 Å². The first-order valence-electron chi connectivity index (χ1n) is 8.83. The van der Waals surface area contributed by atoms with Crippen molar-refractivity contribution in [3.05, 3.63) is 84.3 Å². The molecule has 29 heavy (non-hydrogen) atoms. The van der Waals surface area contributed by atoms with Crippen molar-refractivity contribution in [2.75, 3.05) is 12.4 Å². The normalized spacial score (nSPS) is 11.3. The second-order valence-corrected chi connectivity index (χ2v) is 7.01. The summed E-state index contributed by atoms with van der Waals surface area (Å²) in [6.45, 7) is 0. The van der Waals surface area contributed by atoms with E-state index < -0.39 is 0 Å². The lowest BCUT2D eigenvalue weighted by molar-refractivity contribution is -0.111. The number of rotatable bonds is 6. The Bertz CT molecular complexity index is 1120. The van der Waals surface area contributed by atoms with E-state index in [1.54, 1.807) is 31.6 Å². The van der Waals surface area contributed by atoms with E-state index in [1.165, 1.54) is 11.3 Å². The third-order valence-electron chi connectivity index (χ3n) is 4.14. The highest BCUT2D eigenvalue weighted by molar-refractivity contribution is 7.18. The van der Waals surface area contributed by atoms with Crippen molar-refractivity contribution >= 4 is 34.0 Å². The molecule has 144 valence electrons. The second kappa shape index (κ2) is 8.53. The van der Waals surface area contributed by atoms with Gasteiger partial charge in [-0.3, -0.25) is 10.1 Å². The van der Waals surface area contributed by atoms with E-state index in [4.69, 9.17) is 9.15 Å². The number of carbonyl (C=O) groups excluding carboxylic acids is 1. The number of nitrogens with zero attached hydrogens (tertiary/aromatic N) is 2. The summed E-state index contributed by atoms with van der Waals surface area (Å²) in [7, 11) is 1.62. The maximum atomic E-state index is 13.0. The van der Waals surface area contributed by atoms with Gasteiger partial charge in [0.1, 0.15) is 16.5 Å². The molecule has 1 N–H and O–H groups in total. The molecule has 0 aliphatic heterocycles. The first-order valence-corrected chi connectivity index (χ1v) is 9.64. The van der Waals surface area contributed by atoms with Crippen molar-refractivity contribution < 1.29 is 13.9 Å². The molecule has 0 saturated heterocycles. The van der Waals surface area contributed by atoms with Gasteiger partial charge in [-0.05, 0) is 48.0 Å². The molecule has 0 atom stereocenters. The van der Waals surface area contributed by atoms with Crippen molar-refractivity contribution in [1.29, 1.82) is 0 Å². The van der Waals surface area contributed by atoms with Crippen molar-refractivity contribution in [1.82, 2.24) is 10.2 Å². The summed E-state index contributed by atoms with van der Waals surface area (Å²) in [5.41, 5.74) is 2.15. The fourth-order valence-electron chi connectivity index (χ4n) is 2.70. The molecule has 1 amide bonds. The van der Waals surface area contributed by atoms with Gasteiger partial charge < -0.3 is 9.15 Å². The molecular weight excluding hydrogens is 386 g/mol. The molecule has 2 aromatic heterocycles. The van der Waals surface area contributed by atoms with Crippen molar-refractivity contribution in [2.45, 2.75) is 0 Å². The Morgan fingerprint density at radius 2 is 1.83 bits per heavy atom. The number of methoxy groups -OCH3 is 1. The molecule has 0 spiro atoms. The van der Waals surface area contributed by atoms with E-state index in [9.17, 15) is 4.79 Å². The minimum atomic E-state index is -0.287. The zero-order valence-electron chi connectivity index (χ0n) is 15.5. The van der Waals surface area contributed by atoms with Gasteiger partial charge in [0.25, 0.3) is 5.91 Å². The molecule has 0 aliphatic carbocycles. The van der Waals surface area contributed by atoms with Crippen LogP contribution < -0.4 is 10.1 Å². The Kier molecular flexibility index (Phi) is 5.49. The second-order valence-electron chi connectivity index (χ2n) is 6.03. The average molecular weight is 403 g/mol. The first kappa shape index (κ1) is 18.6. The predicted molar refractivity (Wildman–Crippen MR) is 114 cm³/mol. The fourth-order valence-corrected chi connectivity index (χ4v) is 3.45. The molecule has 4 rings (SSSR count). The van der Waals surface area contributed by atoms with Crippen LogP contribution in [-0.4, -0.2) is 23.2 Å². The molecule has 4 aromatic rings. The van der Waals surface area contributed by atoms with Crippen LogP contribution in [-0.2, 0) is 4.79 Å². The number of furan rings is 1. The maximum absolute atomic E-state index is 13.0. The Morgan fingerprint density at radius 3 is 2.52 bits per heavy atom. The lowest BCUT2D eigenvalue weighted by atomic mass is 10.0. The van der Waals surface area contributed by atoms with Gasteiger partial charge in [0.05, 0.1) is 18.9 Å². The average Bonchev–Trinajstić information content (AvgIpc) is 3.45. The third kappa shape index (κ3) is 4.41. The van der Waals surface area contributed by atoms with Gasteiger partial charge in [-0.25, -0.2) is 0 Å². The van der Waals surface area contributed by atoms with Crippen LogP contribution in [0.5, 0.6) is 5.75 Å². The summed E-state index contributed by atoms with van der Waals surface area (Å²) in [5, 5.41) is 12.2. The summed E-state index contributed by atoms with van der Waals surface area (Å²) in [4.78, 5) is 13.0. The number of anilines is 1. The largest absolute Gasteiger partial charge is 0.497 e. The Labute approximate surface area is 171 Å². The van der Waals surface area contributed by atoms with Gasteiger partial charge in [0, 0.05) is 5.56 Å². The fraction of sp³-hybridized carbons (Fsp3) is 0.0455. The maximum Gasteiger partial charge on any atom is 0.258 e. The Morgan fingerprint density at radius 1 is 1.03 bits per heavy atom. The third-order valence-corrected chi connectivity index (χ3v) is 5.03. The first-order chi connectivity index (χ1) is 14.2. The highest BCUT2D eigenvalue weighted by atomic mass is 32.1. The van der Waals surface area contributed by atoms with Crippen LogP contribution in [0, 0.1) is 0 Å². The van der Waals surface area contributed by atoms with Gasteiger partial charge in [-0.1, -0.05) is 41.7 Å². The summed E-state index contributed by atoms with van der Waals surface area (Å²) in [6.07, 6.45) is 3.27. The molecular formula is C22H17N3O3S. The van der Waals surface area contributed by atoms with Crippen molar-refractivity contribution in [3.63, 3.8) is 0 Å². The lowest BCUT2D eigenvalue weighted by Crippen LogP contribution is -2.13. The number of hydrogen-bond donors (Lipinski definition) is 1. The zero-order valence-corrected chi connectivity index (χ0v) is 16.3. The quantitative estimate of drug-likeness (QED) is 0.459. The van der Waals surface area contributed by atoms with Crippen LogP contribution >= 0.6 is 11.3 Å². The molecule has 2 aromatic carbocycles. The molecule has 6 nitrogen and oxygen atoms in total. The van der Waals surface area contributed by atoms with Crippen molar-refractivity contribution in [3.8, 4) is 16.3 Å². The number of nitrogens with one attached hydrogen (secondary N) is 1. The highest BCUT2D eigenvalue weighted by Crippen LogP contribution is 2.29. The molecule has 0 aliphatic rings. The van der Waals surface area contributed by atoms with E-state index in [-0.39, 0.29) is 5.91 Å². The number of amides is 1. The number of carbonyl (C=O) groups is 1. The number of aromatic nitrogens is 2. The topological polar surface area (TPSA) is 77.3 Å². The summed E-state index contributed by atoms with van der Waals surface area (Å²) >= 11 is 1.30. The minimum absolute atomic E-state index is 0.287. The van der Waals surface area contributed by atoms with E-state index in [0.717, 1.165) is 16.9 Å². The summed E-state index contributed by atoms with van der Waals surface area (Å²) in [6, 6.07) is 20.5. The number of ether oxygens (including phenoxy) is 1. The van der Waals surface area contributed by atoms with Gasteiger partial charge in [-0.15, -0.1) is 10.2 Å². The molecule has 0 bridgehead atoms. The standard InChI is InChI=1S/C22H17N3O3S/c1-27-17-11-9-16(10-12-17)21-24-25-22(29-21)23-20(26)19(14-18-8-5-13-28-18)15-6-3-2-4-7-15/h2-14H,1H3,(H,23,25,26)/b19-14+. The van der Waals surface area contributed by atoms with E-state index >= 15 is 0 Å². The molecule has 0 saturated carbocycles. The molecule has 7 heteroatoms. The smallest absolute Gasteiger partial charge is 0.258 e. The van der Waals surface area contributed by atoms with Gasteiger partial charge in [-0.2, -0.15) is 0 Å². The van der Waals surface area contributed by atoms with Gasteiger partial charge in [0.2, 0.25) is 5.13 Å². The van der Waals surface area contributed by atoms with E-state index in [0.29, 0.717) is 21.5 Å².